The lowest BCUT2D eigenvalue weighted by molar-refractivity contribution is 0.423. The SMILES string of the molecule is Fc1ccc([C@@H]2C[C@H](c3ccc(Br)cc3)Nc3nnnn32)cc1. The molecule has 4 rings (SSSR count). The van der Waals surface area contributed by atoms with E-state index in [1.165, 1.54) is 12.1 Å². The van der Waals surface area contributed by atoms with Crippen LogP contribution >= 0.6 is 15.9 Å². The van der Waals surface area contributed by atoms with Crippen molar-refractivity contribution in [3.63, 3.8) is 0 Å². The van der Waals surface area contributed by atoms with E-state index in [1.54, 1.807) is 16.8 Å². The summed E-state index contributed by atoms with van der Waals surface area (Å²) in [6.07, 6.45) is 0.783. The molecule has 7 heteroatoms. The zero-order valence-electron chi connectivity index (χ0n) is 12.0. The minimum atomic E-state index is -0.246. The number of nitrogens with zero attached hydrogens (tertiary/aromatic N) is 4. The van der Waals surface area contributed by atoms with Gasteiger partial charge in [-0.05, 0) is 52.2 Å². The Hall–Kier alpha value is -2.28. The Bertz CT molecular complexity index is 815. The quantitative estimate of drug-likeness (QED) is 0.743. The van der Waals surface area contributed by atoms with Crippen LogP contribution in [0.3, 0.4) is 0 Å². The summed E-state index contributed by atoms with van der Waals surface area (Å²) in [5, 5.41) is 15.2. The lowest BCUT2D eigenvalue weighted by Gasteiger charge is -2.31. The van der Waals surface area contributed by atoms with Crippen LogP contribution in [0.5, 0.6) is 0 Å². The molecule has 5 nitrogen and oxygen atoms in total. The molecule has 2 atom stereocenters. The van der Waals surface area contributed by atoms with Crippen LogP contribution in [-0.4, -0.2) is 20.2 Å². The summed E-state index contributed by atoms with van der Waals surface area (Å²) in [5.41, 5.74) is 2.15. The molecule has 1 aliphatic rings. The fourth-order valence-corrected chi connectivity index (χ4v) is 3.18. The van der Waals surface area contributed by atoms with Crippen LogP contribution in [0.15, 0.2) is 53.0 Å². The van der Waals surface area contributed by atoms with Crippen molar-refractivity contribution in [2.45, 2.75) is 18.5 Å². The van der Waals surface area contributed by atoms with E-state index in [0.29, 0.717) is 5.95 Å². The van der Waals surface area contributed by atoms with Gasteiger partial charge in [0.15, 0.2) is 0 Å². The maximum Gasteiger partial charge on any atom is 0.243 e. The van der Waals surface area contributed by atoms with E-state index in [9.17, 15) is 4.39 Å². The van der Waals surface area contributed by atoms with Crippen LogP contribution in [0.1, 0.15) is 29.6 Å². The fraction of sp³-hybridized carbons (Fsp3) is 0.188. The highest BCUT2D eigenvalue weighted by atomic mass is 79.9. The third-order valence-electron chi connectivity index (χ3n) is 4.08. The third kappa shape index (κ3) is 2.72. The average Bonchev–Trinajstić information content (AvgIpc) is 3.04. The van der Waals surface area contributed by atoms with Crippen molar-refractivity contribution in [2.75, 3.05) is 5.32 Å². The number of nitrogens with one attached hydrogen (secondary N) is 1. The molecule has 2 aromatic carbocycles. The maximum atomic E-state index is 13.2. The number of hydrogen-bond donors (Lipinski definition) is 1. The first kappa shape index (κ1) is 14.3. The number of anilines is 1. The monoisotopic (exact) mass is 373 g/mol. The normalized spacial score (nSPS) is 19.9. The summed E-state index contributed by atoms with van der Waals surface area (Å²) in [5.74, 6) is 0.377. The van der Waals surface area contributed by atoms with Crippen molar-refractivity contribution in [3.05, 3.63) is 69.9 Å². The molecule has 0 spiro atoms. The summed E-state index contributed by atoms with van der Waals surface area (Å²) >= 11 is 3.45. The average molecular weight is 374 g/mol. The first-order valence-electron chi connectivity index (χ1n) is 7.26. The van der Waals surface area contributed by atoms with Crippen LogP contribution in [0, 0.1) is 5.82 Å². The van der Waals surface area contributed by atoms with E-state index in [2.05, 4.69) is 48.9 Å². The van der Waals surface area contributed by atoms with Crippen molar-refractivity contribution in [3.8, 4) is 0 Å². The molecule has 0 fully saturated rings. The Morgan fingerprint density at radius 2 is 1.74 bits per heavy atom. The van der Waals surface area contributed by atoms with Gasteiger partial charge in [-0.15, -0.1) is 0 Å². The first-order valence-corrected chi connectivity index (χ1v) is 8.05. The molecule has 0 radical (unpaired) electrons. The summed E-state index contributed by atoms with van der Waals surface area (Å²) in [4.78, 5) is 0. The molecule has 0 bridgehead atoms. The number of hydrogen-bond acceptors (Lipinski definition) is 4. The second-order valence-corrected chi connectivity index (χ2v) is 6.41. The number of benzene rings is 2. The highest BCUT2D eigenvalue weighted by Gasteiger charge is 2.30. The van der Waals surface area contributed by atoms with Gasteiger partial charge in [0.2, 0.25) is 5.95 Å². The molecule has 1 aliphatic heterocycles. The van der Waals surface area contributed by atoms with Crippen LogP contribution in [0.2, 0.25) is 0 Å². The Kier molecular flexibility index (Phi) is 3.57. The Balaban J connectivity index is 1.71. The summed E-state index contributed by atoms with van der Waals surface area (Å²) in [7, 11) is 0. The predicted molar refractivity (Wildman–Crippen MR) is 87.5 cm³/mol. The number of aromatic nitrogens is 4. The van der Waals surface area contributed by atoms with Crippen molar-refractivity contribution < 1.29 is 4.39 Å². The lowest BCUT2D eigenvalue weighted by Crippen LogP contribution is -2.28. The number of rotatable bonds is 2. The zero-order valence-corrected chi connectivity index (χ0v) is 13.6. The topological polar surface area (TPSA) is 55.6 Å². The molecule has 0 aliphatic carbocycles. The van der Waals surface area contributed by atoms with Crippen molar-refractivity contribution in [1.82, 2.24) is 20.2 Å². The molecule has 1 N–H and O–H groups in total. The van der Waals surface area contributed by atoms with Gasteiger partial charge in [0.1, 0.15) is 5.82 Å². The predicted octanol–water partition coefficient (Wildman–Crippen LogP) is 3.72. The van der Waals surface area contributed by atoms with Crippen LogP contribution in [0.25, 0.3) is 0 Å². The minimum Gasteiger partial charge on any atom is -0.346 e. The maximum absolute atomic E-state index is 13.2. The molecule has 116 valence electrons. The Morgan fingerprint density at radius 3 is 2.48 bits per heavy atom. The van der Waals surface area contributed by atoms with Gasteiger partial charge in [-0.3, -0.25) is 0 Å². The van der Waals surface area contributed by atoms with Gasteiger partial charge in [0.25, 0.3) is 0 Å². The molecule has 0 saturated heterocycles. The van der Waals surface area contributed by atoms with E-state index >= 15 is 0 Å². The third-order valence-corrected chi connectivity index (χ3v) is 4.61. The van der Waals surface area contributed by atoms with E-state index in [0.717, 1.165) is 22.0 Å². The fourth-order valence-electron chi connectivity index (χ4n) is 2.91. The zero-order chi connectivity index (χ0) is 15.8. The molecule has 1 aromatic heterocycles. The molecule has 0 unspecified atom stereocenters. The molecule has 0 amide bonds. The van der Waals surface area contributed by atoms with Gasteiger partial charge in [0.05, 0.1) is 12.1 Å². The van der Waals surface area contributed by atoms with Crippen LogP contribution in [0.4, 0.5) is 10.3 Å². The van der Waals surface area contributed by atoms with Gasteiger partial charge in [-0.1, -0.05) is 45.3 Å². The number of fused-ring (bicyclic) bond motifs is 1. The highest BCUT2D eigenvalue weighted by molar-refractivity contribution is 9.10. The molecule has 0 saturated carbocycles. The van der Waals surface area contributed by atoms with Crippen LogP contribution in [-0.2, 0) is 0 Å². The standard InChI is InChI=1S/C16H13BrFN5/c17-12-5-1-10(2-6-12)14-9-15(11-3-7-13(18)8-4-11)23-16(19-14)20-21-22-23/h1-8,14-15H,9H2,(H,19,20,22)/t14-,15+/m1/s1. The second kappa shape index (κ2) is 5.73. The number of halogens is 2. The minimum absolute atomic E-state index is 0.0319. The van der Waals surface area contributed by atoms with E-state index in [-0.39, 0.29) is 17.9 Å². The van der Waals surface area contributed by atoms with Crippen molar-refractivity contribution in [1.29, 1.82) is 0 Å². The Labute approximate surface area is 140 Å². The summed E-state index contributed by atoms with van der Waals surface area (Å²) in [6, 6.07) is 14.7. The van der Waals surface area contributed by atoms with Gasteiger partial charge >= 0.3 is 0 Å². The molecular formula is C16H13BrFN5. The largest absolute Gasteiger partial charge is 0.346 e. The molecule has 2 heterocycles. The molecule has 3 aromatic rings. The Morgan fingerprint density at radius 1 is 1.04 bits per heavy atom. The summed E-state index contributed by atoms with van der Waals surface area (Å²) < 4.78 is 16.0. The lowest BCUT2D eigenvalue weighted by atomic mass is 9.93. The van der Waals surface area contributed by atoms with E-state index in [4.69, 9.17) is 0 Å². The van der Waals surface area contributed by atoms with Gasteiger partial charge < -0.3 is 5.32 Å². The molecular weight excluding hydrogens is 361 g/mol. The van der Waals surface area contributed by atoms with Crippen molar-refractivity contribution in [2.24, 2.45) is 0 Å². The highest BCUT2D eigenvalue weighted by Crippen LogP contribution is 2.37. The second-order valence-electron chi connectivity index (χ2n) is 5.50. The smallest absolute Gasteiger partial charge is 0.243 e. The van der Waals surface area contributed by atoms with Gasteiger partial charge in [0, 0.05) is 4.47 Å². The first-order chi connectivity index (χ1) is 11.2. The van der Waals surface area contributed by atoms with Gasteiger partial charge in [-0.25, -0.2) is 9.07 Å². The van der Waals surface area contributed by atoms with E-state index < -0.39 is 0 Å². The number of tetrazole rings is 1. The summed E-state index contributed by atoms with van der Waals surface area (Å²) in [6.45, 7) is 0. The molecule has 23 heavy (non-hydrogen) atoms. The van der Waals surface area contributed by atoms with E-state index in [1.807, 2.05) is 12.1 Å². The van der Waals surface area contributed by atoms with Gasteiger partial charge in [-0.2, -0.15) is 0 Å². The van der Waals surface area contributed by atoms with Crippen molar-refractivity contribution >= 4 is 21.9 Å². The van der Waals surface area contributed by atoms with Crippen LogP contribution < -0.4 is 5.32 Å².